The smallest absolute Gasteiger partial charge is 0.253 e. The first-order chi connectivity index (χ1) is 14.1. The minimum absolute atomic E-state index is 0.0527. The maximum absolute atomic E-state index is 13.6. The van der Waals surface area contributed by atoms with E-state index < -0.39 is 6.23 Å². The van der Waals surface area contributed by atoms with Crippen LogP contribution in [0.3, 0.4) is 0 Å². The summed E-state index contributed by atoms with van der Waals surface area (Å²) in [5, 5.41) is 24.7. The molecule has 0 bridgehead atoms. The predicted octanol–water partition coefficient (Wildman–Crippen LogP) is 1.63. The highest BCUT2D eigenvalue weighted by Gasteiger charge is 2.34. The second-order valence-electron chi connectivity index (χ2n) is 7.55. The molecule has 2 atom stereocenters. The fraction of sp³-hybridized carbons (Fsp3) is 0.333. The highest BCUT2D eigenvalue weighted by molar-refractivity contribution is 5.99. The Hall–Kier alpha value is -2.81. The van der Waals surface area contributed by atoms with E-state index in [4.69, 9.17) is 0 Å². The fourth-order valence-electron chi connectivity index (χ4n) is 4.47. The van der Waals surface area contributed by atoms with Gasteiger partial charge in [0.05, 0.1) is 5.52 Å². The molecule has 0 spiro atoms. The Kier molecular flexibility index (Phi) is 4.54. The molecule has 8 heteroatoms. The van der Waals surface area contributed by atoms with Gasteiger partial charge in [-0.1, -0.05) is 12.1 Å². The highest BCUT2D eigenvalue weighted by atomic mass is 19.1. The number of piperazine rings is 1. The van der Waals surface area contributed by atoms with Crippen molar-refractivity contribution in [3.63, 3.8) is 0 Å². The number of hydrogen-bond acceptors (Lipinski definition) is 5. The molecule has 3 aromatic rings. The van der Waals surface area contributed by atoms with Crippen molar-refractivity contribution in [3.8, 4) is 0 Å². The molecule has 0 aliphatic carbocycles. The number of aliphatic hydroxyl groups excluding tert-OH is 1. The number of nitrogens with one attached hydrogen (secondary N) is 3. The van der Waals surface area contributed by atoms with Crippen molar-refractivity contribution in [3.05, 3.63) is 64.6 Å². The van der Waals surface area contributed by atoms with Gasteiger partial charge >= 0.3 is 0 Å². The Bertz CT molecular complexity index is 1080. The van der Waals surface area contributed by atoms with Gasteiger partial charge in [-0.05, 0) is 23.8 Å². The number of halogens is 1. The first-order valence-electron chi connectivity index (χ1n) is 9.81. The van der Waals surface area contributed by atoms with Crippen LogP contribution in [0.2, 0.25) is 0 Å². The molecule has 150 valence electrons. The lowest BCUT2D eigenvalue weighted by Gasteiger charge is -2.36. The molecule has 4 N–H and O–H groups in total. The summed E-state index contributed by atoms with van der Waals surface area (Å²) in [6.45, 7) is 3.46. The molecule has 2 aliphatic rings. The van der Waals surface area contributed by atoms with E-state index in [0.29, 0.717) is 23.1 Å². The van der Waals surface area contributed by atoms with Crippen molar-refractivity contribution in [1.82, 2.24) is 25.7 Å². The minimum Gasteiger partial charge on any atom is -0.369 e. The van der Waals surface area contributed by atoms with Crippen molar-refractivity contribution >= 4 is 16.8 Å². The van der Waals surface area contributed by atoms with E-state index in [0.717, 1.165) is 42.8 Å². The molecular weight excluding hydrogens is 373 g/mol. The van der Waals surface area contributed by atoms with Gasteiger partial charge in [-0.3, -0.25) is 14.8 Å². The van der Waals surface area contributed by atoms with Crippen LogP contribution in [0.25, 0.3) is 10.9 Å². The van der Waals surface area contributed by atoms with Gasteiger partial charge in [0.15, 0.2) is 6.23 Å². The fourth-order valence-corrected chi connectivity index (χ4v) is 4.47. The molecule has 3 heterocycles. The van der Waals surface area contributed by atoms with Gasteiger partial charge < -0.3 is 15.7 Å². The van der Waals surface area contributed by atoms with Crippen molar-refractivity contribution < 1.29 is 14.3 Å². The molecule has 2 aromatic carbocycles. The summed E-state index contributed by atoms with van der Waals surface area (Å²) >= 11 is 0. The van der Waals surface area contributed by atoms with E-state index in [9.17, 15) is 14.3 Å². The van der Waals surface area contributed by atoms with Crippen LogP contribution >= 0.6 is 0 Å². The summed E-state index contributed by atoms with van der Waals surface area (Å²) < 4.78 is 13.6. The molecule has 1 fully saturated rings. The number of aromatic amines is 1. The summed E-state index contributed by atoms with van der Waals surface area (Å²) in [6, 6.07) is 10.1. The molecule has 1 amide bonds. The van der Waals surface area contributed by atoms with Gasteiger partial charge in [0.25, 0.3) is 5.91 Å². The molecular formula is C21H22FN5O2. The third-order valence-electron chi connectivity index (χ3n) is 5.87. The average molecular weight is 395 g/mol. The number of fused-ring (bicyclic) bond motifs is 2. The molecule has 0 saturated carbocycles. The number of aliphatic hydroxyl groups is 1. The molecule has 1 saturated heterocycles. The summed E-state index contributed by atoms with van der Waals surface area (Å²) in [4.78, 5) is 14.6. The maximum atomic E-state index is 13.6. The van der Waals surface area contributed by atoms with Gasteiger partial charge in [-0.2, -0.15) is 5.10 Å². The first-order valence-corrected chi connectivity index (χ1v) is 9.81. The largest absolute Gasteiger partial charge is 0.369 e. The zero-order valence-corrected chi connectivity index (χ0v) is 15.8. The van der Waals surface area contributed by atoms with E-state index in [-0.39, 0.29) is 17.8 Å². The normalized spacial score (nSPS) is 20.6. The molecule has 7 nitrogen and oxygen atoms in total. The van der Waals surface area contributed by atoms with Crippen LogP contribution in [-0.2, 0) is 6.42 Å². The number of aromatic nitrogens is 2. The van der Waals surface area contributed by atoms with Gasteiger partial charge in [0, 0.05) is 66.9 Å². The summed E-state index contributed by atoms with van der Waals surface area (Å²) in [6.07, 6.45) is -0.397. The SMILES string of the molecule is O=C1NC(O)c2c1cccc2C(Cc1[nH]nc2cc(F)ccc12)N1CCNCC1. The van der Waals surface area contributed by atoms with Gasteiger partial charge in [-0.15, -0.1) is 0 Å². The number of carbonyl (C=O) groups excluding carboxylic acids is 1. The van der Waals surface area contributed by atoms with Crippen LogP contribution in [0, 0.1) is 5.82 Å². The lowest BCUT2D eigenvalue weighted by molar-refractivity contribution is 0.0846. The number of rotatable bonds is 4. The third-order valence-corrected chi connectivity index (χ3v) is 5.87. The number of amides is 1. The molecule has 29 heavy (non-hydrogen) atoms. The molecule has 5 rings (SSSR count). The number of H-pyrrole nitrogens is 1. The predicted molar refractivity (Wildman–Crippen MR) is 106 cm³/mol. The first kappa shape index (κ1) is 18.2. The van der Waals surface area contributed by atoms with Crippen LogP contribution < -0.4 is 10.6 Å². The lowest BCUT2D eigenvalue weighted by Crippen LogP contribution is -2.46. The monoisotopic (exact) mass is 395 g/mol. The quantitative estimate of drug-likeness (QED) is 0.539. The van der Waals surface area contributed by atoms with Crippen molar-refractivity contribution in [2.75, 3.05) is 26.2 Å². The standard InChI is InChI=1S/C21H22FN5O2/c22-12-4-5-13-16(10-12)25-26-17(13)11-18(27-8-6-23-7-9-27)14-2-1-3-15-19(14)21(29)24-20(15)28/h1-5,10,18,21,23,29H,6-9,11H2,(H,24,28)(H,25,26). The zero-order chi connectivity index (χ0) is 20.0. The molecule has 2 unspecified atom stereocenters. The Morgan fingerprint density at radius 2 is 2.07 bits per heavy atom. The Morgan fingerprint density at radius 1 is 1.24 bits per heavy atom. The Balaban J connectivity index is 1.59. The summed E-state index contributed by atoms with van der Waals surface area (Å²) in [5.41, 5.74) is 3.60. The van der Waals surface area contributed by atoms with Gasteiger partial charge in [-0.25, -0.2) is 4.39 Å². The van der Waals surface area contributed by atoms with Crippen LogP contribution in [0.5, 0.6) is 0 Å². The maximum Gasteiger partial charge on any atom is 0.253 e. The third kappa shape index (κ3) is 3.19. The van der Waals surface area contributed by atoms with Crippen LogP contribution in [0.1, 0.15) is 39.4 Å². The summed E-state index contributed by atoms with van der Waals surface area (Å²) in [5.74, 6) is -0.571. The number of nitrogens with zero attached hydrogens (tertiary/aromatic N) is 2. The van der Waals surface area contributed by atoms with E-state index in [2.05, 4.69) is 25.7 Å². The molecule has 0 radical (unpaired) electrons. The van der Waals surface area contributed by atoms with Crippen molar-refractivity contribution in [2.24, 2.45) is 0 Å². The van der Waals surface area contributed by atoms with E-state index in [1.54, 1.807) is 12.1 Å². The number of hydrogen-bond donors (Lipinski definition) is 4. The number of carbonyl (C=O) groups is 1. The zero-order valence-electron chi connectivity index (χ0n) is 15.8. The summed E-state index contributed by atoms with van der Waals surface area (Å²) in [7, 11) is 0. The Labute approximate surface area is 166 Å². The van der Waals surface area contributed by atoms with Crippen LogP contribution in [-0.4, -0.2) is 52.3 Å². The van der Waals surface area contributed by atoms with Gasteiger partial charge in [0.2, 0.25) is 0 Å². The Morgan fingerprint density at radius 3 is 2.90 bits per heavy atom. The van der Waals surface area contributed by atoms with E-state index in [1.807, 2.05) is 12.1 Å². The minimum atomic E-state index is -1.01. The average Bonchev–Trinajstić information content (AvgIpc) is 3.26. The second kappa shape index (κ2) is 7.22. The molecule has 1 aromatic heterocycles. The van der Waals surface area contributed by atoms with Crippen molar-refractivity contribution in [2.45, 2.75) is 18.7 Å². The van der Waals surface area contributed by atoms with E-state index >= 15 is 0 Å². The van der Waals surface area contributed by atoms with Gasteiger partial charge in [0.1, 0.15) is 5.82 Å². The topological polar surface area (TPSA) is 93.3 Å². The van der Waals surface area contributed by atoms with Crippen LogP contribution in [0.4, 0.5) is 4.39 Å². The highest BCUT2D eigenvalue weighted by Crippen LogP contribution is 2.36. The van der Waals surface area contributed by atoms with Crippen molar-refractivity contribution in [1.29, 1.82) is 0 Å². The second-order valence-corrected chi connectivity index (χ2v) is 7.55. The van der Waals surface area contributed by atoms with Crippen LogP contribution in [0.15, 0.2) is 36.4 Å². The number of benzene rings is 2. The molecule has 2 aliphatic heterocycles. The lowest BCUT2D eigenvalue weighted by atomic mass is 9.91. The van der Waals surface area contributed by atoms with E-state index in [1.165, 1.54) is 12.1 Å².